The van der Waals surface area contributed by atoms with Crippen LogP contribution in [-0.4, -0.2) is 33.9 Å². The Balaban J connectivity index is 2.49. The molecule has 0 aromatic rings. The smallest absolute Gasteiger partial charge is 0.303 e. The average Bonchev–Trinajstić information content (AvgIpc) is 2.82. The van der Waals surface area contributed by atoms with Crippen molar-refractivity contribution in [1.29, 1.82) is 0 Å². The zero-order valence-electron chi connectivity index (χ0n) is 15.0. The first-order chi connectivity index (χ1) is 12.0. The summed E-state index contributed by atoms with van der Waals surface area (Å²) in [5.41, 5.74) is 0. The monoisotopic (exact) mass is 350 g/mol. The Morgan fingerprint density at radius 2 is 1.92 bits per heavy atom. The van der Waals surface area contributed by atoms with Gasteiger partial charge in [-0.05, 0) is 31.8 Å². The molecule has 0 spiro atoms. The highest BCUT2D eigenvalue weighted by molar-refractivity contribution is 5.90. The van der Waals surface area contributed by atoms with Crippen LogP contribution in [0.1, 0.15) is 64.7 Å². The van der Waals surface area contributed by atoms with Crippen LogP contribution < -0.4 is 0 Å². The van der Waals surface area contributed by atoms with E-state index < -0.39 is 12.1 Å². The van der Waals surface area contributed by atoms with Crippen molar-refractivity contribution >= 4 is 17.5 Å². The normalized spacial score (nSPS) is 23.8. The molecule has 0 bridgehead atoms. The lowest BCUT2D eigenvalue weighted by Gasteiger charge is -2.15. The Morgan fingerprint density at radius 3 is 2.60 bits per heavy atom. The molecular formula is C20H30O5. The van der Waals surface area contributed by atoms with E-state index in [1.54, 1.807) is 6.08 Å². The number of Topliss-reactive ketones (excluding diaryl/α,β-unsaturated/α-hetero) is 1. The number of carboxylic acids is 1. The van der Waals surface area contributed by atoms with E-state index in [4.69, 9.17) is 5.11 Å². The van der Waals surface area contributed by atoms with Crippen LogP contribution in [-0.2, 0) is 14.4 Å². The predicted octanol–water partition coefficient (Wildman–Crippen LogP) is 3.46. The number of allylic oxidation sites excluding steroid dienone is 3. The number of carboxylic acid groups (broad SMARTS) is 1. The maximum atomic E-state index is 12.1. The highest BCUT2D eigenvalue weighted by atomic mass is 16.4. The number of unbranched alkanes of at least 4 members (excludes halogenated alkanes) is 3. The van der Waals surface area contributed by atoms with E-state index in [0.717, 1.165) is 19.3 Å². The molecule has 0 unspecified atom stereocenters. The lowest BCUT2D eigenvalue weighted by molar-refractivity contribution is -0.137. The summed E-state index contributed by atoms with van der Waals surface area (Å²) in [5, 5.41) is 18.7. The molecule has 0 amide bonds. The van der Waals surface area contributed by atoms with Crippen molar-refractivity contribution in [2.24, 2.45) is 11.8 Å². The molecule has 1 saturated carbocycles. The zero-order valence-corrected chi connectivity index (χ0v) is 15.0. The molecule has 0 saturated heterocycles. The van der Waals surface area contributed by atoms with Crippen LogP contribution in [0.5, 0.6) is 0 Å². The van der Waals surface area contributed by atoms with Crippen molar-refractivity contribution in [3.8, 4) is 0 Å². The minimum Gasteiger partial charge on any atom is -0.481 e. The number of hydrogen-bond acceptors (Lipinski definition) is 4. The first kappa shape index (κ1) is 21.3. The average molecular weight is 350 g/mol. The number of aliphatic hydroxyl groups is 1. The Kier molecular flexibility index (Phi) is 10.0. The molecule has 1 aliphatic carbocycles. The number of hydrogen-bond donors (Lipinski definition) is 2. The lowest BCUT2D eigenvalue weighted by Crippen LogP contribution is -2.18. The van der Waals surface area contributed by atoms with Gasteiger partial charge in [0, 0.05) is 31.1 Å². The van der Waals surface area contributed by atoms with Gasteiger partial charge < -0.3 is 10.2 Å². The van der Waals surface area contributed by atoms with Gasteiger partial charge in [-0.15, -0.1) is 0 Å². The molecule has 0 radical (unpaired) electrons. The van der Waals surface area contributed by atoms with E-state index in [0.29, 0.717) is 25.7 Å². The standard InChI is InChI=1S/C20H30O5/c1-2-3-6-9-15(21)12-13-17-16(18(22)14-19(17)23)10-7-4-5-8-11-20(24)25/h4,7,12-13,16-17,19,23H,2-3,5-6,8-11,14H2,1H3,(H,24,25)/b7-4-,13-12+/t16-,17-,19-/m1/s1. The first-order valence-electron chi connectivity index (χ1n) is 9.24. The van der Waals surface area contributed by atoms with Crippen LogP contribution in [0.15, 0.2) is 24.3 Å². The van der Waals surface area contributed by atoms with Crippen LogP contribution in [0.4, 0.5) is 0 Å². The van der Waals surface area contributed by atoms with Gasteiger partial charge in [0.1, 0.15) is 5.78 Å². The summed E-state index contributed by atoms with van der Waals surface area (Å²) in [6.07, 6.45) is 11.8. The second-order valence-electron chi connectivity index (χ2n) is 6.70. The van der Waals surface area contributed by atoms with E-state index in [1.807, 2.05) is 12.2 Å². The molecule has 0 aliphatic heterocycles. The summed E-state index contributed by atoms with van der Waals surface area (Å²) < 4.78 is 0. The molecule has 2 N–H and O–H groups in total. The lowest BCUT2D eigenvalue weighted by atomic mass is 9.90. The minimum absolute atomic E-state index is 0.0239. The van der Waals surface area contributed by atoms with Gasteiger partial charge in [-0.1, -0.05) is 38.0 Å². The van der Waals surface area contributed by atoms with E-state index in [-0.39, 0.29) is 36.2 Å². The highest BCUT2D eigenvalue weighted by Gasteiger charge is 2.39. The van der Waals surface area contributed by atoms with Crippen molar-refractivity contribution in [1.82, 2.24) is 0 Å². The third-order valence-electron chi connectivity index (χ3n) is 4.58. The van der Waals surface area contributed by atoms with Crippen molar-refractivity contribution in [3.05, 3.63) is 24.3 Å². The van der Waals surface area contributed by atoms with Crippen molar-refractivity contribution in [2.75, 3.05) is 0 Å². The summed E-state index contributed by atoms with van der Waals surface area (Å²) in [7, 11) is 0. The molecule has 1 fully saturated rings. The maximum Gasteiger partial charge on any atom is 0.303 e. The summed E-state index contributed by atoms with van der Waals surface area (Å²) in [6.45, 7) is 2.08. The van der Waals surface area contributed by atoms with E-state index in [9.17, 15) is 19.5 Å². The number of carbonyl (C=O) groups is 3. The molecule has 3 atom stereocenters. The van der Waals surface area contributed by atoms with Crippen LogP contribution in [0.2, 0.25) is 0 Å². The zero-order chi connectivity index (χ0) is 18.7. The van der Waals surface area contributed by atoms with Crippen molar-refractivity contribution in [3.63, 3.8) is 0 Å². The van der Waals surface area contributed by atoms with E-state index >= 15 is 0 Å². The van der Waals surface area contributed by atoms with Crippen LogP contribution in [0.3, 0.4) is 0 Å². The Bertz CT molecular complexity index is 506. The van der Waals surface area contributed by atoms with Gasteiger partial charge in [0.05, 0.1) is 6.10 Å². The van der Waals surface area contributed by atoms with Gasteiger partial charge in [0.2, 0.25) is 0 Å². The molecule has 5 heteroatoms. The Hall–Kier alpha value is -1.75. The number of carbonyl (C=O) groups excluding carboxylic acids is 2. The number of ketones is 2. The third kappa shape index (κ3) is 8.25. The predicted molar refractivity (Wildman–Crippen MR) is 96.1 cm³/mol. The van der Waals surface area contributed by atoms with Gasteiger partial charge in [0.25, 0.3) is 0 Å². The van der Waals surface area contributed by atoms with Gasteiger partial charge in [-0.25, -0.2) is 0 Å². The quantitative estimate of drug-likeness (QED) is 0.319. The van der Waals surface area contributed by atoms with Crippen LogP contribution >= 0.6 is 0 Å². The Morgan fingerprint density at radius 1 is 1.16 bits per heavy atom. The molecule has 0 aromatic heterocycles. The fourth-order valence-corrected chi connectivity index (χ4v) is 3.11. The molecule has 1 rings (SSSR count). The molecule has 5 nitrogen and oxygen atoms in total. The largest absolute Gasteiger partial charge is 0.481 e. The van der Waals surface area contributed by atoms with Gasteiger partial charge in [0.15, 0.2) is 5.78 Å². The number of aliphatic carboxylic acids is 1. The van der Waals surface area contributed by atoms with Gasteiger partial charge in [-0.2, -0.15) is 0 Å². The molecular weight excluding hydrogens is 320 g/mol. The Labute approximate surface area is 149 Å². The van der Waals surface area contributed by atoms with Gasteiger partial charge in [-0.3, -0.25) is 14.4 Å². The van der Waals surface area contributed by atoms with Crippen LogP contribution in [0, 0.1) is 11.8 Å². The maximum absolute atomic E-state index is 12.1. The fourth-order valence-electron chi connectivity index (χ4n) is 3.11. The molecule has 1 aliphatic rings. The highest BCUT2D eigenvalue weighted by Crippen LogP contribution is 2.33. The summed E-state index contributed by atoms with van der Waals surface area (Å²) >= 11 is 0. The van der Waals surface area contributed by atoms with Crippen LogP contribution in [0.25, 0.3) is 0 Å². The minimum atomic E-state index is -0.809. The third-order valence-corrected chi connectivity index (χ3v) is 4.58. The second-order valence-corrected chi connectivity index (χ2v) is 6.70. The summed E-state index contributed by atoms with van der Waals surface area (Å²) in [6, 6.07) is 0. The molecule has 0 heterocycles. The molecule has 140 valence electrons. The summed E-state index contributed by atoms with van der Waals surface area (Å²) in [5.74, 6) is -1.35. The number of rotatable bonds is 12. The van der Waals surface area contributed by atoms with Gasteiger partial charge >= 0.3 is 5.97 Å². The first-order valence-corrected chi connectivity index (χ1v) is 9.24. The van der Waals surface area contributed by atoms with Crippen molar-refractivity contribution < 1.29 is 24.6 Å². The van der Waals surface area contributed by atoms with E-state index in [1.165, 1.54) is 6.08 Å². The SMILES string of the molecule is CCCCCC(=O)/C=C/[C@H]1[C@H](O)CC(=O)[C@@H]1C/C=C\CCCC(=O)O. The van der Waals surface area contributed by atoms with E-state index in [2.05, 4.69) is 6.92 Å². The molecule has 25 heavy (non-hydrogen) atoms. The topological polar surface area (TPSA) is 91.7 Å². The second kappa shape index (κ2) is 11.7. The summed E-state index contributed by atoms with van der Waals surface area (Å²) in [4.78, 5) is 34.4. The number of aliphatic hydroxyl groups excluding tert-OH is 1. The fraction of sp³-hybridized carbons (Fsp3) is 0.650. The molecule has 0 aromatic carbocycles. The van der Waals surface area contributed by atoms with Crippen molar-refractivity contribution in [2.45, 2.75) is 70.8 Å².